The fourth-order valence-corrected chi connectivity index (χ4v) is 9.04. The lowest BCUT2D eigenvalue weighted by Gasteiger charge is -2.29. The molecule has 2 heterocycles. The van der Waals surface area contributed by atoms with Gasteiger partial charge in [-0.3, -0.25) is 0 Å². The van der Waals surface area contributed by atoms with E-state index in [1.54, 1.807) is 0 Å². The summed E-state index contributed by atoms with van der Waals surface area (Å²) in [7, 11) is 0. The molecular weight excluding hydrogens is 653 g/mol. The van der Waals surface area contributed by atoms with Gasteiger partial charge in [-0.05, 0) is 92.9 Å². The molecule has 0 saturated carbocycles. The molecule has 2 heteroatoms. The van der Waals surface area contributed by atoms with Gasteiger partial charge in [0, 0.05) is 33.5 Å². The van der Waals surface area contributed by atoms with E-state index in [9.17, 15) is 0 Å². The molecule has 9 aromatic rings. The minimum absolute atomic E-state index is 0.226. The minimum atomic E-state index is 0.226. The Labute approximate surface area is 315 Å². The summed E-state index contributed by atoms with van der Waals surface area (Å²) in [6, 6.07) is 67.0. The molecule has 0 N–H and O–H groups in total. The van der Waals surface area contributed by atoms with Gasteiger partial charge in [0.1, 0.15) is 0 Å². The highest BCUT2D eigenvalue weighted by Gasteiger charge is 2.37. The Bertz CT molecular complexity index is 2940. The predicted molar refractivity (Wildman–Crippen MR) is 228 cm³/mol. The van der Waals surface area contributed by atoms with Crippen LogP contribution >= 0.6 is 0 Å². The minimum Gasteiger partial charge on any atom is -0.333 e. The summed E-state index contributed by atoms with van der Waals surface area (Å²) >= 11 is 0. The lowest BCUT2D eigenvalue weighted by Crippen LogP contribution is -2.28. The van der Waals surface area contributed by atoms with Crippen LogP contribution in [0.5, 0.6) is 0 Å². The van der Waals surface area contributed by atoms with Crippen LogP contribution in [0.25, 0.3) is 71.6 Å². The molecule has 8 aromatic carbocycles. The smallest absolute Gasteiger partial charge is 0.0629 e. The number of hydrogen-bond acceptors (Lipinski definition) is 1. The number of benzene rings is 8. The van der Waals surface area contributed by atoms with Crippen molar-refractivity contribution in [1.29, 1.82) is 0 Å². The van der Waals surface area contributed by atoms with Crippen LogP contribution in [0.3, 0.4) is 0 Å². The van der Waals surface area contributed by atoms with E-state index in [-0.39, 0.29) is 12.0 Å². The van der Waals surface area contributed by atoms with Crippen LogP contribution in [-0.2, 0) is 0 Å². The molecule has 0 amide bonds. The van der Waals surface area contributed by atoms with Crippen LogP contribution in [0.1, 0.15) is 11.5 Å². The zero-order valence-electron chi connectivity index (χ0n) is 29.7. The Morgan fingerprint density at radius 2 is 1.02 bits per heavy atom. The molecule has 1 aromatic heterocycles. The monoisotopic (exact) mass is 688 g/mol. The molecule has 1 aliphatic heterocycles. The van der Waals surface area contributed by atoms with Gasteiger partial charge in [-0.15, -0.1) is 0 Å². The predicted octanol–water partition coefficient (Wildman–Crippen LogP) is 13.7. The number of nitrogens with zero attached hydrogens (tertiary/aromatic N) is 2. The first-order valence-electron chi connectivity index (χ1n) is 18.8. The van der Waals surface area contributed by atoms with E-state index in [2.05, 4.69) is 216 Å². The van der Waals surface area contributed by atoms with Crippen molar-refractivity contribution >= 4 is 44.0 Å². The first-order valence-corrected chi connectivity index (χ1v) is 18.8. The molecule has 54 heavy (non-hydrogen) atoms. The van der Waals surface area contributed by atoms with Crippen molar-refractivity contribution in [1.82, 2.24) is 4.57 Å². The maximum atomic E-state index is 2.53. The van der Waals surface area contributed by atoms with Gasteiger partial charge in [0.05, 0.1) is 22.8 Å². The Hall–Kier alpha value is -6.90. The molecule has 2 nitrogen and oxygen atoms in total. The maximum Gasteiger partial charge on any atom is 0.0629 e. The standard InChI is InChI=1S/C52H36N2/c1-2-13-35(14-3-1)41-17-6-7-18-42(41)37-25-29-40(30-26-37)53-49-22-10-8-20-44(49)46-33-38(27-31-51(46)53)39-28-32-52-47(34-39)45-21-9-11-23-50(45)54(52)48-24-12-16-36-15-4-5-19-43(36)48/h1-34,44,49H. The molecule has 11 rings (SSSR count). The number of fused-ring (bicyclic) bond motifs is 7. The van der Waals surface area contributed by atoms with E-state index in [1.807, 2.05) is 0 Å². The van der Waals surface area contributed by atoms with Crippen LogP contribution in [0.2, 0.25) is 0 Å². The van der Waals surface area contributed by atoms with Crippen molar-refractivity contribution in [2.45, 2.75) is 12.0 Å². The van der Waals surface area contributed by atoms with E-state index in [4.69, 9.17) is 0 Å². The summed E-state index contributed by atoms with van der Waals surface area (Å²) in [6.07, 6.45) is 9.14. The number of rotatable bonds is 5. The molecule has 0 spiro atoms. The third-order valence-corrected chi connectivity index (χ3v) is 11.5. The van der Waals surface area contributed by atoms with E-state index in [1.165, 1.54) is 88.6 Å². The second kappa shape index (κ2) is 12.4. The Balaban J connectivity index is 0.989. The van der Waals surface area contributed by atoms with Crippen molar-refractivity contribution in [3.8, 4) is 39.1 Å². The van der Waals surface area contributed by atoms with Gasteiger partial charge in [0.25, 0.3) is 0 Å². The Kier molecular flexibility index (Phi) is 7.03. The number of para-hydroxylation sites is 1. The highest BCUT2D eigenvalue weighted by Crippen LogP contribution is 2.49. The molecule has 0 saturated heterocycles. The highest BCUT2D eigenvalue weighted by molar-refractivity contribution is 6.11. The SMILES string of the molecule is C1=CC2c3cc(-c4ccc5c(c4)c4ccccc4n5-c4cccc5ccccc45)ccc3N(c3ccc(-c4ccccc4-c4ccccc4)cc3)C2C=C1. The summed E-state index contributed by atoms with van der Waals surface area (Å²) in [5.74, 6) is 0.278. The third kappa shape index (κ3) is 4.81. The zero-order chi connectivity index (χ0) is 35.6. The second-order valence-corrected chi connectivity index (χ2v) is 14.5. The molecular formula is C52H36N2. The highest BCUT2D eigenvalue weighted by atomic mass is 15.2. The van der Waals surface area contributed by atoms with Gasteiger partial charge in [0.15, 0.2) is 0 Å². The Morgan fingerprint density at radius 1 is 0.389 bits per heavy atom. The molecule has 2 atom stereocenters. The van der Waals surface area contributed by atoms with Crippen molar-refractivity contribution in [2.24, 2.45) is 0 Å². The van der Waals surface area contributed by atoms with Crippen LogP contribution < -0.4 is 4.90 Å². The Morgan fingerprint density at radius 3 is 1.87 bits per heavy atom. The van der Waals surface area contributed by atoms with Crippen molar-refractivity contribution in [3.05, 3.63) is 212 Å². The largest absolute Gasteiger partial charge is 0.333 e. The average Bonchev–Trinajstić information content (AvgIpc) is 3.76. The number of allylic oxidation sites excluding steroid dienone is 2. The summed E-state index contributed by atoms with van der Waals surface area (Å²) in [5, 5.41) is 5.04. The first-order chi connectivity index (χ1) is 26.8. The quantitative estimate of drug-likeness (QED) is 0.175. The van der Waals surface area contributed by atoms with Gasteiger partial charge >= 0.3 is 0 Å². The molecule has 1 aliphatic carbocycles. The van der Waals surface area contributed by atoms with Gasteiger partial charge in [-0.25, -0.2) is 0 Å². The van der Waals surface area contributed by atoms with Gasteiger partial charge in [0.2, 0.25) is 0 Å². The zero-order valence-corrected chi connectivity index (χ0v) is 29.7. The summed E-state index contributed by atoms with van der Waals surface area (Å²) in [5.41, 5.74) is 14.9. The average molecular weight is 689 g/mol. The fraction of sp³-hybridized carbons (Fsp3) is 0.0385. The van der Waals surface area contributed by atoms with Crippen molar-refractivity contribution in [3.63, 3.8) is 0 Å². The number of anilines is 2. The van der Waals surface area contributed by atoms with Crippen LogP contribution in [0.15, 0.2) is 206 Å². The molecule has 254 valence electrons. The number of aromatic nitrogens is 1. The topological polar surface area (TPSA) is 8.17 Å². The van der Waals surface area contributed by atoms with Crippen molar-refractivity contribution in [2.75, 3.05) is 4.90 Å². The van der Waals surface area contributed by atoms with Gasteiger partial charge in [-0.2, -0.15) is 0 Å². The summed E-state index contributed by atoms with van der Waals surface area (Å²) < 4.78 is 2.44. The van der Waals surface area contributed by atoms with E-state index < -0.39 is 0 Å². The lowest BCUT2D eigenvalue weighted by molar-refractivity contribution is 0.745. The maximum absolute atomic E-state index is 2.53. The molecule has 2 aliphatic rings. The first kappa shape index (κ1) is 30.7. The van der Waals surface area contributed by atoms with Gasteiger partial charge in [-0.1, -0.05) is 158 Å². The van der Waals surface area contributed by atoms with Crippen LogP contribution in [-0.4, -0.2) is 10.6 Å². The normalized spacial score (nSPS) is 16.0. The van der Waals surface area contributed by atoms with Gasteiger partial charge < -0.3 is 9.47 Å². The number of hydrogen-bond donors (Lipinski definition) is 0. The van der Waals surface area contributed by atoms with Crippen LogP contribution in [0.4, 0.5) is 11.4 Å². The molecule has 0 fully saturated rings. The third-order valence-electron chi connectivity index (χ3n) is 11.5. The summed E-state index contributed by atoms with van der Waals surface area (Å²) in [4.78, 5) is 2.53. The van der Waals surface area contributed by atoms with Crippen LogP contribution in [0, 0.1) is 0 Å². The lowest BCUT2D eigenvalue weighted by atomic mass is 9.89. The second-order valence-electron chi connectivity index (χ2n) is 14.5. The fourth-order valence-electron chi connectivity index (χ4n) is 9.04. The van der Waals surface area contributed by atoms with Crippen molar-refractivity contribution < 1.29 is 0 Å². The molecule has 2 unspecified atom stereocenters. The molecule has 0 bridgehead atoms. The van der Waals surface area contributed by atoms with E-state index >= 15 is 0 Å². The summed E-state index contributed by atoms with van der Waals surface area (Å²) in [6.45, 7) is 0. The van der Waals surface area contributed by atoms with E-state index in [0.717, 1.165) is 0 Å². The molecule has 0 radical (unpaired) electrons. The van der Waals surface area contributed by atoms with E-state index in [0.29, 0.717) is 0 Å².